The third-order valence-corrected chi connectivity index (χ3v) is 4.68. The van der Waals surface area contributed by atoms with Crippen molar-refractivity contribution in [2.24, 2.45) is 5.73 Å². The van der Waals surface area contributed by atoms with Crippen LogP contribution >= 0.6 is 0 Å². The number of aliphatic carboxylic acids is 2. The van der Waals surface area contributed by atoms with Gasteiger partial charge in [0.1, 0.15) is 11.0 Å². The predicted octanol–water partition coefficient (Wildman–Crippen LogP) is 0.426. The number of nitrogen functional groups attached to an aromatic ring is 1. The van der Waals surface area contributed by atoms with E-state index in [9.17, 15) is 4.79 Å². The molecule has 9 nitrogen and oxygen atoms in total. The first kappa shape index (κ1) is 23.4. The molecule has 2 aromatic carbocycles. The number of hydrogen-bond acceptors (Lipinski definition) is 5. The number of para-hydroxylation sites is 2. The number of amides is 1. The molecule has 0 atom stereocenters. The summed E-state index contributed by atoms with van der Waals surface area (Å²) in [5.74, 6) is -3.48. The van der Waals surface area contributed by atoms with Gasteiger partial charge in [0.25, 0.3) is 0 Å². The predicted molar refractivity (Wildman–Crippen MR) is 112 cm³/mol. The van der Waals surface area contributed by atoms with Crippen LogP contribution in [0.1, 0.15) is 31.2 Å². The van der Waals surface area contributed by atoms with E-state index in [4.69, 9.17) is 31.3 Å². The lowest BCUT2D eigenvalue weighted by atomic mass is 10.2. The van der Waals surface area contributed by atoms with E-state index in [2.05, 4.69) is 33.4 Å². The fourth-order valence-corrected chi connectivity index (χ4v) is 3.23. The van der Waals surface area contributed by atoms with Crippen molar-refractivity contribution < 1.29 is 29.2 Å². The van der Waals surface area contributed by atoms with Gasteiger partial charge >= 0.3 is 11.9 Å². The third kappa shape index (κ3) is 6.84. The number of unbranched alkanes of at least 4 members (excludes halogenated alkanes) is 2. The van der Waals surface area contributed by atoms with Crippen LogP contribution in [0, 0.1) is 0 Å². The number of rotatable bonds is 8. The first-order chi connectivity index (χ1) is 14.8. The van der Waals surface area contributed by atoms with Crippen LogP contribution in [-0.2, 0) is 27.5 Å². The van der Waals surface area contributed by atoms with E-state index in [0.717, 1.165) is 49.3 Å². The number of carboxylic acid groups (broad SMARTS) is 2. The zero-order valence-corrected chi connectivity index (χ0v) is 17.1. The van der Waals surface area contributed by atoms with E-state index in [1.165, 1.54) is 5.56 Å². The molecule has 9 heteroatoms. The van der Waals surface area contributed by atoms with E-state index in [1.807, 2.05) is 30.3 Å². The fraction of sp³-hybridized carbons (Fsp3) is 0.273. The Morgan fingerprint density at radius 3 is 2.19 bits per heavy atom. The smallest absolute Gasteiger partial charge is 0.356 e. The lowest BCUT2D eigenvalue weighted by Crippen LogP contribution is -2.37. The van der Waals surface area contributed by atoms with E-state index >= 15 is 0 Å². The average molecular weight is 426 g/mol. The lowest BCUT2D eigenvalue weighted by molar-refractivity contribution is -0.648. The monoisotopic (exact) mass is 426 g/mol. The third-order valence-electron chi connectivity index (χ3n) is 4.68. The van der Waals surface area contributed by atoms with Crippen LogP contribution in [0.25, 0.3) is 11.0 Å². The summed E-state index contributed by atoms with van der Waals surface area (Å²) in [7, 11) is 0. The maximum atomic E-state index is 10.8. The Hall–Kier alpha value is -3.88. The zero-order chi connectivity index (χ0) is 22.8. The van der Waals surface area contributed by atoms with Gasteiger partial charge in [0, 0.05) is 6.42 Å². The molecule has 0 aliphatic rings. The van der Waals surface area contributed by atoms with Crippen molar-refractivity contribution in [3.8, 4) is 0 Å². The highest BCUT2D eigenvalue weighted by molar-refractivity contribution is 6.26. The molecular formula is C22H26N4O5. The van der Waals surface area contributed by atoms with Crippen LogP contribution in [0.4, 0.5) is 5.95 Å². The van der Waals surface area contributed by atoms with E-state index < -0.39 is 11.9 Å². The van der Waals surface area contributed by atoms with Crippen molar-refractivity contribution >= 4 is 34.8 Å². The minimum Gasteiger partial charge on any atom is -0.539 e. The molecule has 0 aliphatic carbocycles. The van der Waals surface area contributed by atoms with Crippen LogP contribution in [-0.4, -0.2) is 27.5 Å². The highest BCUT2D eigenvalue weighted by Gasteiger charge is 2.20. The molecule has 0 radical (unpaired) electrons. The first-order valence-electron chi connectivity index (χ1n) is 9.84. The maximum absolute atomic E-state index is 10.8. The number of nitrogens with zero attached hydrogens (tertiary/aromatic N) is 2. The van der Waals surface area contributed by atoms with Crippen molar-refractivity contribution in [2.75, 3.05) is 5.73 Å². The normalized spacial score (nSPS) is 10.3. The Balaban J connectivity index is 0.000000501. The van der Waals surface area contributed by atoms with Gasteiger partial charge in [0.05, 0.1) is 13.1 Å². The summed E-state index contributed by atoms with van der Waals surface area (Å²) in [6.45, 7) is 1.59. The number of carboxylic acids is 2. The standard InChI is InChI=1S/C20H24N4O.C2H2O4/c21-19(25)13-5-2-8-14-23-17-11-6-7-12-18(17)24(20(23)22)15-16-9-3-1-4-10-16;3-1(4)2(5)6/h1,3-4,6-7,9-12,22H,2,5,8,13-15H2,(H2,21,25);(H,3,4)(H,5,6). The number of fused-ring (bicyclic) bond motifs is 1. The van der Waals surface area contributed by atoms with Gasteiger partial charge in [-0.1, -0.05) is 42.5 Å². The summed E-state index contributed by atoms with van der Waals surface area (Å²) in [5.41, 5.74) is 15.2. The molecule has 3 aromatic rings. The molecule has 1 amide bonds. The number of carbonyl (C=O) groups excluding carboxylic acids is 2. The van der Waals surface area contributed by atoms with Gasteiger partial charge in [-0.3, -0.25) is 10.5 Å². The quantitative estimate of drug-likeness (QED) is 0.269. The maximum Gasteiger partial charge on any atom is 0.356 e. The molecule has 0 unspecified atom stereocenters. The number of imidazole rings is 1. The number of hydrogen-bond donors (Lipinski definition) is 3. The molecule has 0 saturated heterocycles. The van der Waals surface area contributed by atoms with E-state index in [-0.39, 0.29) is 5.91 Å². The molecule has 1 heterocycles. The molecule has 5 N–H and O–H groups in total. The molecule has 0 aliphatic heterocycles. The number of nitrogens with two attached hydrogens (primary N) is 2. The Morgan fingerprint density at radius 1 is 0.968 bits per heavy atom. The largest absolute Gasteiger partial charge is 0.539 e. The number of benzene rings is 2. The highest BCUT2D eigenvalue weighted by atomic mass is 16.4. The van der Waals surface area contributed by atoms with Crippen LogP contribution in [0.5, 0.6) is 0 Å². The van der Waals surface area contributed by atoms with E-state index in [0.29, 0.717) is 6.42 Å². The minimum absolute atomic E-state index is 0.230. The molecular weight excluding hydrogens is 400 g/mol. The zero-order valence-electron chi connectivity index (χ0n) is 17.1. The minimum atomic E-state index is -2.07. The number of anilines is 1. The molecule has 0 spiro atoms. The molecule has 0 saturated carbocycles. The second kappa shape index (κ2) is 11.3. The van der Waals surface area contributed by atoms with Gasteiger partial charge in [-0.05, 0) is 37.0 Å². The number of primary amides is 1. The van der Waals surface area contributed by atoms with Crippen molar-refractivity contribution in [3.63, 3.8) is 0 Å². The van der Waals surface area contributed by atoms with Crippen LogP contribution in [0.15, 0.2) is 54.6 Å². The van der Waals surface area contributed by atoms with Crippen molar-refractivity contribution in [1.82, 2.24) is 4.57 Å². The van der Waals surface area contributed by atoms with Gasteiger partial charge in [0.2, 0.25) is 5.91 Å². The topological polar surface area (TPSA) is 155 Å². The van der Waals surface area contributed by atoms with E-state index in [1.54, 1.807) is 0 Å². The first-order valence-corrected chi connectivity index (χ1v) is 9.84. The average Bonchev–Trinajstić information content (AvgIpc) is 3.00. The van der Waals surface area contributed by atoms with Gasteiger partial charge in [-0.25, -0.2) is 13.9 Å². The Morgan fingerprint density at radius 2 is 1.58 bits per heavy atom. The number of carbonyl (C=O) groups is 3. The summed E-state index contributed by atoms with van der Waals surface area (Å²) < 4.78 is 4.33. The fourth-order valence-electron chi connectivity index (χ4n) is 3.23. The van der Waals surface area contributed by atoms with Crippen LogP contribution in [0.2, 0.25) is 0 Å². The Labute approximate surface area is 179 Å². The van der Waals surface area contributed by atoms with Gasteiger partial charge < -0.3 is 20.7 Å². The Bertz CT molecular complexity index is 1030. The number of aryl methyl sites for hydroxylation is 1. The van der Waals surface area contributed by atoms with Crippen molar-refractivity contribution in [2.45, 2.75) is 38.8 Å². The second-order valence-electron chi connectivity index (χ2n) is 6.94. The molecule has 31 heavy (non-hydrogen) atoms. The summed E-state index contributed by atoms with van der Waals surface area (Å²) in [6.07, 6.45) is 3.23. The summed E-state index contributed by atoms with van der Waals surface area (Å²) in [4.78, 5) is 28.9. The van der Waals surface area contributed by atoms with Gasteiger partial charge in [0.15, 0.2) is 5.97 Å². The lowest BCUT2D eigenvalue weighted by Gasteiger charge is -2.03. The Kier molecular flexibility index (Phi) is 8.56. The molecule has 3 rings (SSSR count). The van der Waals surface area contributed by atoms with Crippen molar-refractivity contribution in [3.05, 3.63) is 60.2 Å². The summed E-state index contributed by atoms with van der Waals surface area (Å²) in [6, 6.07) is 18.6. The van der Waals surface area contributed by atoms with Gasteiger partial charge in [-0.2, -0.15) is 0 Å². The molecule has 0 fully saturated rings. The van der Waals surface area contributed by atoms with Crippen molar-refractivity contribution in [1.29, 1.82) is 0 Å². The highest BCUT2D eigenvalue weighted by Crippen LogP contribution is 2.18. The summed E-state index contributed by atoms with van der Waals surface area (Å²) >= 11 is 0. The van der Waals surface area contributed by atoms with Crippen LogP contribution < -0.4 is 21.1 Å². The van der Waals surface area contributed by atoms with Crippen LogP contribution in [0.3, 0.4) is 0 Å². The SMILES string of the molecule is NC(=O)CCCCCn1c(N)[n+](Cc2ccccc2)c2ccccc21.O=C([O-])C(=O)O. The molecule has 0 bridgehead atoms. The van der Waals surface area contributed by atoms with Gasteiger partial charge in [-0.15, -0.1) is 0 Å². The number of aromatic nitrogens is 2. The molecule has 164 valence electrons. The summed E-state index contributed by atoms with van der Waals surface area (Å²) in [5, 5.41) is 16.3. The second-order valence-corrected chi connectivity index (χ2v) is 6.94. The molecule has 1 aromatic heterocycles.